The normalized spacial score (nSPS) is 18.6. The van der Waals surface area contributed by atoms with Crippen molar-refractivity contribution >= 4 is 27.8 Å². The molecular formula is C18H22N4O3S. The SMILES string of the molecule is Cc1cc(N2CCCC(NS(=O)(=O)/C=C/c3ccccc3)C2=O)n(C)n1. The number of aryl methyl sites for hydroxylation is 2. The summed E-state index contributed by atoms with van der Waals surface area (Å²) in [6, 6.07) is 10.2. The molecule has 1 aliphatic rings. The lowest BCUT2D eigenvalue weighted by Gasteiger charge is -2.31. The molecule has 1 atom stereocenters. The zero-order valence-electron chi connectivity index (χ0n) is 14.8. The minimum Gasteiger partial charge on any atom is -0.296 e. The van der Waals surface area contributed by atoms with Crippen molar-refractivity contribution in [2.24, 2.45) is 7.05 Å². The molecule has 1 fully saturated rings. The lowest BCUT2D eigenvalue weighted by molar-refractivity contribution is -0.121. The van der Waals surface area contributed by atoms with Gasteiger partial charge in [0.05, 0.1) is 5.69 Å². The molecule has 1 N–H and O–H groups in total. The van der Waals surface area contributed by atoms with Gasteiger partial charge in [-0.3, -0.25) is 14.4 Å². The molecule has 0 spiro atoms. The number of hydrogen-bond donors (Lipinski definition) is 1. The molecule has 1 aliphatic heterocycles. The number of benzene rings is 1. The molecule has 7 nitrogen and oxygen atoms in total. The molecule has 2 heterocycles. The van der Waals surface area contributed by atoms with E-state index in [1.165, 1.54) is 6.08 Å². The molecule has 1 amide bonds. The van der Waals surface area contributed by atoms with Crippen molar-refractivity contribution in [2.45, 2.75) is 25.8 Å². The van der Waals surface area contributed by atoms with Gasteiger partial charge in [0.25, 0.3) is 0 Å². The first-order chi connectivity index (χ1) is 12.4. The number of nitrogens with one attached hydrogen (secondary N) is 1. The maximum absolute atomic E-state index is 12.8. The number of aromatic nitrogens is 2. The van der Waals surface area contributed by atoms with E-state index in [4.69, 9.17) is 0 Å². The van der Waals surface area contributed by atoms with Crippen molar-refractivity contribution in [1.82, 2.24) is 14.5 Å². The number of anilines is 1. The third kappa shape index (κ3) is 4.20. The standard InChI is InChI=1S/C18H22N4O3S/c1-14-13-17(21(2)19-14)22-11-6-9-16(18(22)23)20-26(24,25)12-10-15-7-4-3-5-8-15/h3-5,7-8,10,12-13,16,20H,6,9,11H2,1-2H3/b12-10+. The highest BCUT2D eigenvalue weighted by Gasteiger charge is 2.33. The number of hydrogen-bond acceptors (Lipinski definition) is 4. The molecule has 0 saturated carbocycles. The van der Waals surface area contributed by atoms with Gasteiger partial charge >= 0.3 is 0 Å². The van der Waals surface area contributed by atoms with E-state index in [2.05, 4.69) is 9.82 Å². The number of carbonyl (C=O) groups is 1. The van der Waals surface area contributed by atoms with Crippen LogP contribution in [0.2, 0.25) is 0 Å². The lowest BCUT2D eigenvalue weighted by Crippen LogP contribution is -2.52. The molecule has 1 aromatic carbocycles. The number of rotatable bonds is 5. The first kappa shape index (κ1) is 18.3. The van der Waals surface area contributed by atoms with E-state index in [0.29, 0.717) is 25.2 Å². The van der Waals surface area contributed by atoms with Crippen molar-refractivity contribution in [1.29, 1.82) is 0 Å². The second-order valence-corrected chi connectivity index (χ2v) is 7.93. The van der Waals surface area contributed by atoms with E-state index in [-0.39, 0.29) is 5.91 Å². The molecule has 1 aromatic heterocycles. The molecule has 0 bridgehead atoms. The Bertz CT molecular complexity index is 919. The van der Waals surface area contributed by atoms with Gasteiger partial charge in [-0.25, -0.2) is 8.42 Å². The molecule has 0 aliphatic carbocycles. The van der Waals surface area contributed by atoms with E-state index in [0.717, 1.165) is 16.7 Å². The van der Waals surface area contributed by atoms with Gasteiger partial charge in [-0.15, -0.1) is 0 Å². The van der Waals surface area contributed by atoms with Crippen molar-refractivity contribution in [3.8, 4) is 0 Å². The fourth-order valence-electron chi connectivity index (χ4n) is 3.03. The largest absolute Gasteiger partial charge is 0.296 e. The molecule has 1 saturated heterocycles. The summed E-state index contributed by atoms with van der Waals surface area (Å²) in [5.41, 5.74) is 1.59. The monoisotopic (exact) mass is 374 g/mol. The number of sulfonamides is 1. The fraction of sp³-hybridized carbons (Fsp3) is 0.333. The summed E-state index contributed by atoms with van der Waals surface area (Å²) in [7, 11) is -1.95. The summed E-state index contributed by atoms with van der Waals surface area (Å²) in [5, 5.41) is 5.36. The Hall–Kier alpha value is -2.45. The summed E-state index contributed by atoms with van der Waals surface area (Å²) in [5.74, 6) is 0.423. The van der Waals surface area contributed by atoms with E-state index in [1.807, 2.05) is 43.3 Å². The number of carbonyl (C=O) groups excluding carboxylic acids is 1. The second-order valence-electron chi connectivity index (χ2n) is 6.33. The highest BCUT2D eigenvalue weighted by molar-refractivity contribution is 7.92. The quantitative estimate of drug-likeness (QED) is 0.865. The Morgan fingerprint density at radius 2 is 2.00 bits per heavy atom. The summed E-state index contributed by atoms with van der Waals surface area (Å²) in [6.45, 7) is 2.41. The van der Waals surface area contributed by atoms with E-state index >= 15 is 0 Å². The number of piperidine rings is 1. The Labute approximate surface area is 153 Å². The average Bonchev–Trinajstić information content (AvgIpc) is 2.94. The summed E-state index contributed by atoms with van der Waals surface area (Å²) < 4.78 is 28.8. The van der Waals surface area contributed by atoms with Crippen molar-refractivity contribution in [3.63, 3.8) is 0 Å². The van der Waals surface area contributed by atoms with Crippen LogP contribution < -0.4 is 9.62 Å². The third-order valence-electron chi connectivity index (χ3n) is 4.24. The maximum atomic E-state index is 12.8. The van der Waals surface area contributed by atoms with Gasteiger partial charge in [0.2, 0.25) is 15.9 Å². The molecule has 1 unspecified atom stereocenters. The van der Waals surface area contributed by atoms with Crippen LogP contribution in [0.4, 0.5) is 5.82 Å². The minimum absolute atomic E-state index is 0.254. The smallest absolute Gasteiger partial charge is 0.246 e. The predicted molar refractivity (Wildman–Crippen MR) is 101 cm³/mol. The number of nitrogens with zero attached hydrogens (tertiary/aromatic N) is 3. The van der Waals surface area contributed by atoms with Gasteiger partial charge in [-0.05, 0) is 31.4 Å². The average molecular weight is 374 g/mol. The third-order valence-corrected chi connectivity index (χ3v) is 5.35. The Morgan fingerprint density at radius 1 is 1.27 bits per heavy atom. The zero-order chi connectivity index (χ0) is 18.7. The molecule has 3 rings (SSSR count). The van der Waals surface area contributed by atoms with Crippen molar-refractivity contribution in [2.75, 3.05) is 11.4 Å². The van der Waals surface area contributed by atoms with Gasteiger partial charge < -0.3 is 0 Å². The van der Waals surface area contributed by atoms with Crippen LogP contribution >= 0.6 is 0 Å². The van der Waals surface area contributed by atoms with Crippen molar-refractivity contribution in [3.05, 3.63) is 53.1 Å². The van der Waals surface area contributed by atoms with E-state index in [9.17, 15) is 13.2 Å². The van der Waals surface area contributed by atoms with E-state index in [1.54, 1.807) is 16.6 Å². The molecule has 26 heavy (non-hydrogen) atoms. The summed E-state index contributed by atoms with van der Waals surface area (Å²) >= 11 is 0. The van der Waals surface area contributed by atoms with Crippen LogP contribution in [-0.4, -0.2) is 36.7 Å². The van der Waals surface area contributed by atoms with Crippen LogP contribution in [0.5, 0.6) is 0 Å². The molecule has 8 heteroatoms. The molecule has 0 radical (unpaired) electrons. The van der Waals surface area contributed by atoms with Crippen LogP contribution in [0.3, 0.4) is 0 Å². The van der Waals surface area contributed by atoms with Crippen molar-refractivity contribution < 1.29 is 13.2 Å². The maximum Gasteiger partial charge on any atom is 0.246 e. The van der Waals surface area contributed by atoms with Crippen LogP contribution in [-0.2, 0) is 21.9 Å². The van der Waals surface area contributed by atoms with E-state index < -0.39 is 16.1 Å². The lowest BCUT2D eigenvalue weighted by atomic mass is 10.1. The topological polar surface area (TPSA) is 84.3 Å². The first-order valence-electron chi connectivity index (χ1n) is 8.43. The van der Waals surface area contributed by atoms with Crippen LogP contribution in [0.15, 0.2) is 41.8 Å². The van der Waals surface area contributed by atoms with Crippen LogP contribution in [0.25, 0.3) is 6.08 Å². The Balaban J connectivity index is 1.73. The highest BCUT2D eigenvalue weighted by Crippen LogP contribution is 2.22. The Kier molecular flexibility index (Phi) is 5.24. The summed E-state index contributed by atoms with van der Waals surface area (Å²) in [4.78, 5) is 14.4. The second kappa shape index (κ2) is 7.43. The van der Waals surface area contributed by atoms with Crippen LogP contribution in [0, 0.1) is 6.92 Å². The zero-order valence-corrected chi connectivity index (χ0v) is 15.6. The van der Waals surface area contributed by atoms with Gasteiger partial charge in [0.15, 0.2) is 0 Å². The van der Waals surface area contributed by atoms with Gasteiger partial charge in [0, 0.05) is 25.1 Å². The molecule has 2 aromatic rings. The van der Waals surface area contributed by atoms with Gasteiger partial charge in [0.1, 0.15) is 11.9 Å². The summed E-state index contributed by atoms with van der Waals surface area (Å²) in [6.07, 6.45) is 2.70. The Morgan fingerprint density at radius 3 is 2.65 bits per heavy atom. The highest BCUT2D eigenvalue weighted by atomic mass is 32.2. The van der Waals surface area contributed by atoms with Gasteiger partial charge in [-0.2, -0.15) is 9.82 Å². The van der Waals surface area contributed by atoms with Crippen LogP contribution in [0.1, 0.15) is 24.1 Å². The van der Waals surface area contributed by atoms with Gasteiger partial charge in [-0.1, -0.05) is 30.3 Å². The first-order valence-corrected chi connectivity index (χ1v) is 9.98. The minimum atomic E-state index is -3.72. The fourth-order valence-corrected chi connectivity index (χ4v) is 4.06. The molecular weight excluding hydrogens is 352 g/mol. The number of amides is 1. The predicted octanol–water partition coefficient (Wildman–Crippen LogP) is 1.81. The molecule has 138 valence electrons.